The van der Waals surface area contributed by atoms with Crippen LogP contribution in [0, 0.1) is 0 Å². The highest BCUT2D eigenvalue weighted by atomic mass is 16.2. The van der Waals surface area contributed by atoms with Gasteiger partial charge in [-0.15, -0.1) is 0 Å². The van der Waals surface area contributed by atoms with Gasteiger partial charge in [-0.3, -0.25) is 9.48 Å². The molecule has 2 rings (SSSR count). The number of aryl methyl sites for hydroxylation is 2. The molecule has 0 saturated carbocycles. The Bertz CT molecular complexity index is 633. The molecule has 0 atom stereocenters. The molecule has 6 nitrogen and oxygen atoms in total. The summed E-state index contributed by atoms with van der Waals surface area (Å²) >= 11 is 0. The van der Waals surface area contributed by atoms with E-state index in [0.717, 1.165) is 18.1 Å². The molecule has 0 aliphatic rings. The second-order valence-corrected chi connectivity index (χ2v) is 6.10. The summed E-state index contributed by atoms with van der Waals surface area (Å²) in [4.78, 5) is 16.5. The monoisotopic (exact) mass is 289 g/mol. The van der Waals surface area contributed by atoms with Gasteiger partial charge in [0.05, 0.1) is 12.2 Å². The fourth-order valence-corrected chi connectivity index (χ4v) is 2.09. The quantitative estimate of drug-likeness (QED) is 0.934. The van der Waals surface area contributed by atoms with Crippen molar-refractivity contribution in [3.8, 4) is 0 Å². The molecule has 0 bridgehead atoms. The number of nitrogens with zero attached hydrogens (tertiary/aromatic N) is 4. The topological polar surface area (TPSA) is 64.7 Å². The smallest absolute Gasteiger partial charge is 0.269 e. The van der Waals surface area contributed by atoms with E-state index in [-0.39, 0.29) is 11.3 Å². The van der Waals surface area contributed by atoms with Gasteiger partial charge in [0.1, 0.15) is 11.5 Å². The first-order chi connectivity index (χ1) is 9.82. The minimum Gasteiger partial charge on any atom is -0.343 e. The summed E-state index contributed by atoms with van der Waals surface area (Å²) in [6.45, 7) is 9.53. The van der Waals surface area contributed by atoms with E-state index in [1.165, 1.54) is 0 Å². The number of carbonyl (C=O) groups is 1. The SMILES string of the molecule is CCn1ccnc1CNC(=O)c1cc(C(C)(C)C)nn1C. The highest BCUT2D eigenvalue weighted by Gasteiger charge is 2.21. The van der Waals surface area contributed by atoms with Crippen molar-refractivity contribution in [2.45, 2.75) is 46.2 Å². The zero-order valence-electron chi connectivity index (χ0n) is 13.3. The van der Waals surface area contributed by atoms with Crippen molar-refractivity contribution in [3.05, 3.63) is 35.7 Å². The van der Waals surface area contributed by atoms with Crippen LogP contribution in [-0.4, -0.2) is 25.2 Å². The summed E-state index contributed by atoms with van der Waals surface area (Å²) in [6, 6.07) is 1.85. The van der Waals surface area contributed by atoms with Crippen molar-refractivity contribution in [2.75, 3.05) is 0 Å². The van der Waals surface area contributed by atoms with E-state index < -0.39 is 0 Å². The minimum absolute atomic E-state index is 0.0746. The Hall–Kier alpha value is -2.11. The van der Waals surface area contributed by atoms with Crippen molar-refractivity contribution in [2.24, 2.45) is 7.05 Å². The number of carbonyl (C=O) groups excluding carboxylic acids is 1. The van der Waals surface area contributed by atoms with Gasteiger partial charge in [0.25, 0.3) is 5.91 Å². The Morgan fingerprint density at radius 2 is 2.10 bits per heavy atom. The zero-order chi connectivity index (χ0) is 15.6. The van der Waals surface area contributed by atoms with Gasteiger partial charge in [0, 0.05) is 31.4 Å². The van der Waals surface area contributed by atoms with Crippen molar-refractivity contribution in [1.29, 1.82) is 0 Å². The Balaban J connectivity index is 2.09. The van der Waals surface area contributed by atoms with E-state index in [1.54, 1.807) is 17.9 Å². The lowest BCUT2D eigenvalue weighted by molar-refractivity contribution is 0.0940. The molecule has 0 radical (unpaired) electrons. The van der Waals surface area contributed by atoms with Crippen LogP contribution in [0.4, 0.5) is 0 Å². The van der Waals surface area contributed by atoms with Crippen LogP contribution in [0.2, 0.25) is 0 Å². The molecular formula is C15H23N5O. The lowest BCUT2D eigenvalue weighted by atomic mass is 9.92. The predicted octanol–water partition coefficient (Wildman–Crippen LogP) is 1.86. The molecule has 114 valence electrons. The molecule has 2 aromatic rings. The number of amides is 1. The summed E-state index contributed by atoms with van der Waals surface area (Å²) in [5, 5.41) is 7.32. The summed E-state index contributed by atoms with van der Waals surface area (Å²) in [6.07, 6.45) is 3.65. The first kappa shape index (κ1) is 15.3. The van der Waals surface area contributed by atoms with Gasteiger partial charge in [-0.1, -0.05) is 20.8 Å². The van der Waals surface area contributed by atoms with Crippen molar-refractivity contribution >= 4 is 5.91 Å². The lowest BCUT2D eigenvalue weighted by Gasteiger charge is -2.13. The molecule has 1 N–H and O–H groups in total. The molecule has 0 saturated heterocycles. The maximum absolute atomic E-state index is 12.3. The second kappa shape index (κ2) is 5.71. The summed E-state index contributed by atoms with van der Waals surface area (Å²) in [5.41, 5.74) is 1.40. The predicted molar refractivity (Wildman–Crippen MR) is 81.0 cm³/mol. The summed E-state index contributed by atoms with van der Waals surface area (Å²) < 4.78 is 3.63. The fraction of sp³-hybridized carbons (Fsp3) is 0.533. The molecule has 1 amide bonds. The summed E-state index contributed by atoms with van der Waals surface area (Å²) in [5.74, 6) is 0.718. The number of nitrogens with one attached hydrogen (secondary N) is 1. The Morgan fingerprint density at radius 1 is 1.38 bits per heavy atom. The van der Waals surface area contributed by atoms with Crippen LogP contribution in [0.25, 0.3) is 0 Å². The first-order valence-corrected chi connectivity index (χ1v) is 7.15. The number of imidazole rings is 1. The molecule has 2 aromatic heterocycles. The fourth-order valence-electron chi connectivity index (χ4n) is 2.09. The van der Waals surface area contributed by atoms with Crippen molar-refractivity contribution in [3.63, 3.8) is 0 Å². The van der Waals surface area contributed by atoms with Gasteiger partial charge in [-0.2, -0.15) is 5.10 Å². The second-order valence-electron chi connectivity index (χ2n) is 6.10. The Kier molecular flexibility index (Phi) is 4.16. The zero-order valence-corrected chi connectivity index (χ0v) is 13.3. The van der Waals surface area contributed by atoms with Crippen LogP contribution < -0.4 is 5.32 Å². The summed E-state index contributed by atoms with van der Waals surface area (Å²) in [7, 11) is 1.79. The van der Waals surface area contributed by atoms with Gasteiger partial charge in [0.15, 0.2) is 0 Å². The third kappa shape index (κ3) is 3.32. The number of aromatic nitrogens is 4. The Labute approximate surface area is 125 Å². The van der Waals surface area contributed by atoms with Gasteiger partial charge in [-0.25, -0.2) is 4.98 Å². The molecular weight excluding hydrogens is 266 g/mol. The molecule has 0 aromatic carbocycles. The van der Waals surface area contributed by atoms with Crippen molar-refractivity contribution < 1.29 is 4.79 Å². The molecule has 2 heterocycles. The first-order valence-electron chi connectivity index (χ1n) is 7.15. The third-order valence-corrected chi connectivity index (χ3v) is 3.43. The van der Waals surface area contributed by atoms with Gasteiger partial charge in [0.2, 0.25) is 0 Å². The van der Waals surface area contributed by atoms with E-state index in [0.29, 0.717) is 12.2 Å². The van der Waals surface area contributed by atoms with Crippen LogP contribution >= 0.6 is 0 Å². The van der Waals surface area contributed by atoms with Crippen LogP contribution in [0.5, 0.6) is 0 Å². The van der Waals surface area contributed by atoms with Crippen LogP contribution in [0.1, 0.15) is 49.7 Å². The van der Waals surface area contributed by atoms with Gasteiger partial charge >= 0.3 is 0 Å². The van der Waals surface area contributed by atoms with Crippen LogP contribution in [-0.2, 0) is 25.6 Å². The maximum atomic E-state index is 12.3. The van der Waals surface area contributed by atoms with Gasteiger partial charge in [-0.05, 0) is 13.0 Å². The molecule has 6 heteroatoms. The van der Waals surface area contributed by atoms with E-state index in [9.17, 15) is 4.79 Å². The number of hydrogen-bond acceptors (Lipinski definition) is 3. The Morgan fingerprint density at radius 3 is 2.67 bits per heavy atom. The standard InChI is InChI=1S/C15H23N5O/c1-6-20-8-7-16-13(20)10-17-14(21)11-9-12(15(2,3)4)18-19(11)5/h7-9H,6,10H2,1-5H3,(H,17,21). The van der Waals surface area contributed by atoms with E-state index >= 15 is 0 Å². The largest absolute Gasteiger partial charge is 0.343 e. The minimum atomic E-state index is -0.133. The molecule has 0 aliphatic carbocycles. The molecule has 0 aliphatic heterocycles. The van der Waals surface area contributed by atoms with Crippen LogP contribution in [0.3, 0.4) is 0 Å². The molecule has 0 unspecified atom stereocenters. The van der Waals surface area contributed by atoms with E-state index in [2.05, 4.69) is 36.2 Å². The third-order valence-electron chi connectivity index (χ3n) is 3.43. The highest BCUT2D eigenvalue weighted by Crippen LogP contribution is 2.21. The molecule has 0 fully saturated rings. The molecule has 21 heavy (non-hydrogen) atoms. The van der Waals surface area contributed by atoms with Crippen molar-refractivity contribution in [1.82, 2.24) is 24.6 Å². The van der Waals surface area contributed by atoms with Gasteiger partial charge < -0.3 is 9.88 Å². The maximum Gasteiger partial charge on any atom is 0.269 e. The number of hydrogen-bond donors (Lipinski definition) is 1. The van der Waals surface area contributed by atoms with E-state index in [1.807, 2.05) is 23.8 Å². The number of rotatable bonds is 4. The average molecular weight is 289 g/mol. The van der Waals surface area contributed by atoms with E-state index in [4.69, 9.17) is 0 Å². The molecule has 0 spiro atoms. The van der Waals surface area contributed by atoms with Crippen LogP contribution in [0.15, 0.2) is 18.5 Å². The highest BCUT2D eigenvalue weighted by molar-refractivity contribution is 5.92. The normalized spacial score (nSPS) is 11.7. The lowest BCUT2D eigenvalue weighted by Crippen LogP contribution is -2.26. The average Bonchev–Trinajstić information content (AvgIpc) is 3.01.